The molecule has 3 rings (SSSR count). The summed E-state index contributed by atoms with van der Waals surface area (Å²) < 4.78 is 43.1. The van der Waals surface area contributed by atoms with Crippen LogP contribution < -0.4 is 9.62 Å². The highest BCUT2D eigenvalue weighted by atomic mass is 79.9. The fourth-order valence-electron chi connectivity index (χ4n) is 3.73. The van der Waals surface area contributed by atoms with Crippen LogP contribution in [0.15, 0.2) is 82.2 Å². The van der Waals surface area contributed by atoms with E-state index in [1.54, 1.807) is 37.3 Å². The summed E-state index contributed by atoms with van der Waals surface area (Å²) in [6.07, 6.45) is 0. The molecular weight excluding hydrogens is 609 g/mol. The van der Waals surface area contributed by atoms with Crippen LogP contribution in [-0.2, 0) is 26.2 Å². The molecule has 0 spiro atoms. The molecule has 0 unspecified atom stereocenters. The zero-order valence-electron chi connectivity index (χ0n) is 22.0. The Morgan fingerprint density at radius 3 is 2.21 bits per heavy atom. The van der Waals surface area contributed by atoms with Gasteiger partial charge in [-0.25, -0.2) is 12.8 Å². The van der Waals surface area contributed by atoms with Crippen molar-refractivity contribution >= 4 is 55.1 Å². The van der Waals surface area contributed by atoms with E-state index in [9.17, 15) is 22.4 Å². The van der Waals surface area contributed by atoms with E-state index < -0.39 is 45.8 Å². The minimum absolute atomic E-state index is 0.00832. The van der Waals surface area contributed by atoms with Crippen molar-refractivity contribution in [1.29, 1.82) is 0 Å². The Morgan fingerprint density at radius 2 is 1.64 bits per heavy atom. The summed E-state index contributed by atoms with van der Waals surface area (Å²) in [5, 5.41) is 2.58. The van der Waals surface area contributed by atoms with Crippen LogP contribution in [0, 0.1) is 5.82 Å². The van der Waals surface area contributed by atoms with E-state index in [0.29, 0.717) is 0 Å². The van der Waals surface area contributed by atoms with E-state index in [2.05, 4.69) is 21.2 Å². The van der Waals surface area contributed by atoms with Crippen LogP contribution >= 0.6 is 27.5 Å². The van der Waals surface area contributed by atoms with E-state index >= 15 is 0 Å². The quantitative estimate of drug-likeness (QED) is 0.323. The lowest BCUT2D eigenvalue weighted by Gasteiger charge is -2.33. The second kappa shape index (κ2) is 12.5. The lowest BCUT2D eigenvalue weighted by molar-refractivity contribution is -0.140. The Labute approximate surface area is 242 Å². The number of nitrogens with zero attached hydrogens (tertiary/aromatic N) is 2. The SMILES string of the molecule is C[C@@H](C(=O)NC(C)(C)C)N(Cc1ccc(Br)cc1)C(=O)CN(c1ccc(F)c(Cl)c1)S(=O)(=O)c1ccccc1. The molecular formula is C28H30BrClFN3O4S. The van der Waals surface area contributed by atoms with Crippen LogP contribution in [-0.4, -0.2) is 43.3 Å². The summed E-state index contributed by atoms with van der Waals surface area (Å²) in [6, 6.07) is 17.3. The standard InChI is InChI=1S/C28H30BrClFN3O4S/c1-19(27(36)32-28(2,3)4)33(17-20-10-12-21(29)13-11-20)26(35)18-34(22-14-15-25(31)24(30)16-22)39(37,38)23-8-6-5-7-9-23/h5-16,19H,17-18H2,1-4H3,(H,32,36)/t19-/m0/s1. The van der Waals surface area contributed by atoms with E-state index in [4.69, 9.17) is 11.6 Å². The van der Waals surface area contributed by atoms with Crippen LogP contribution in [0.25, 0.3) is 0 Å². The predicted molar refractivity (Wildman–Crippen MR) is 154 cm³/mol. The van der Waals surface area contributed by atoms with Gasteiger partial charge in [-0.05, 0) is 75.7 Å². The van der Waals surface area contributed by atoms with Gasteiger partial charge in [-0.1, -0.05) is 57.9 Å². The molecule has 3 aromatic carbocycles. The summed E-state index contributed by atoms with van der Waals surface area (Å²) in [6.45, 7) is 6.46. The number of hydrogen-bond acceptors (Lipinski definition) is 4. The molecule has 208 valence electrons. The van der Waals surface area contributed by atoms with Crippen molar-refractivity contribution in [2.45, 2.75) is 50.7 Å². The third kappa shape index (κ3) is 8.03. The number of halogens is 3. The molecule has 0 fully saturated rings. The smallest absolute Gasteiger partial charge is 0.264 e. The predicted octanol–water partition coefficient (Wildman–Crippen LogP) is 5.77. The monoisotopic (exact) mass is 637 g/mol. The van der Waals surface area contributed by atoms with Gasteiger partial charge in [-0.2, -0.15) is 0 Å². The Balaban J connectivity index is 2.04. The van der Waals surface area contributed by atoms with E-state index in [-0.39, 0.29) is 22.2 Å². The number of sulfonamides is 1. The van der Waals surface area contributed by atoms with Crippen molar-refractivity contribution in [2.24, 2.45) is 0 Å². The van der Waals surface area contributed by atoms with Crippen molar-refractivity contribution < 1.29 is 22.4 Å². The second-order valence-corrected chi connectivity index (χ2v) is 13.2. The van der Waals surface area contributed by atoms with Crippen LogP contribution in [0.5, 0.6) is 0 Å². The molecule has 1 atom stereocenters. The maximum Gasteiger partial charge on any atom is 0.264 e. The van der Waals surface area contributed by atoms with Gasteiger partial charge in [-0.15, -0.1) is 0 Å². The average molecular weight is 639 g/mol. The van der Waals surface area contributed by atoms with E-state index in [0.717, 1.165) is 26.5 Å². The van der Waals surface area contributed by atoms with Gasteiger partial charge in [0.25, 0.3) is 10.0 Å². The molecule has 0 aliphatic heterocycles. The molecule has 0 saturated carbocycles. The molecule has 1 N–H and O–H groups in total. The second-order valence-electron chi connectivity index (χ2n) is 9.99. The molecule has 0 bridgehead atoms. The van der Waals surface area contributed by atoms with Gasteiger partial charge in [-0.3, -0.25) is 13.9 Å². The molecule has 0 heterocycles. The maximum absolute atomic E-state index is 14.0. The number of amides is 2. The van der Waals surface area contributed by atoms with Crippen LogP contribution in [0.4, 0.5) is 10.1 Å². The summed E-state index contributed by atoms with van der Waals surface area (Å²) in [5.41, 5.74) is 0.198. The topological polar surface area (TPSA) is 86.8 Å². The molecule has 0 aliphatic carbocycles. The molecule has 0 saturated heterocycles. The molecule has 39 heavy (non-hydrogen) atoms. The van der Waals surface area contributed by atoms with Gasteiger partial charge in [0.05, 0.1) is 15.6 Å². The molecule has 0 radical (unpaired) electrons. The Morgan fingerprint density at radius 1 is 1.03 bits per heavy atom. The van der Waals surface area contributed by atoms with Gasteiger partial charge in [0.2, 0.25) is 11.8 Å². The van der Waals surface area contributed by atoms with Crippen molar-refractivity contribution in [3.63, 3.8) is 0 Å². The average Bonchev–Trinajstić information content (AvgIpc) is 2.87. The number of anilines is 1. The fourth-order valence-corrected chi connectivity index (χ4v) is 5.60. The first-order chi connectivity index (χ1) is 18.2. The van der Waals surface area contributed by atoms with Crippen LogP contribution in [0.2, 0.25) is 5.02 Å². The Kier molecular flexibility index (Phi) is 9.79. The van der Waals surface area contributed by atoms with Crippen molar-refractivity contribution in [1.82, 2.24) is 10.2 Å². The van der Waals surface area contributed by atoms with Crippen molar-refractivity contribution in [3.05, 3.63) is 93.7 Å². The normalized spacial score (nSPS) is 12.5. The van der Waals surface area contributed by atoms with Gasteiger partial charge in [0, 0.05) is 16.6 Å². The maximum atomic E-state index is 14.0. The molecule has 11 heteroatoms. The van der Waals surface area contributed by atoms with Gasteiger partial charge in [0.1, 0.15) is 18.4 Å². The Bertz CT molecular complexity index is 1430. The first-order valence-corrected chi connectivity index (χ1v) is 14.7. The lowest BCUT2D eigenvalue weighted by Crippen LogP contribution is -2.54. The third-order valence-corrected chi connectivity index (χ3v) is 8.34. The van der Waals surface area contributed by atoms with E-state index in [1.807, 2.05) is 32.9 Å². The number of carbonyl (C=O) groups excluding carboxylic acids is 2. The molecule has 2 amide bonds. The zero-order valence-corrected chi connectivity index (χ0v) is 25.1. The number of nitrogens with one attached hydrogen (secondary N) is 1. The van der Waals surface area contributed by atoms with E-state index in [1.165, 1.54) is 23.1 Å². The fraction of sp³-hybridized carbons (Fsp3) is 0.286. The number of benzene rings is 3. The highest BCUT2D eigenvalue weighted by molar-refractivity contribution is 9.10. The molecule has 3 aromatic rings. The zero-order chi connectivity index (χ0) is 29.0. The summed E-state index contributed by atoms with van der Waals surface area (Å²) in [7, 11) is -4.27. The summed E-state index contributed by atoms with van der Waals surface area (Å²) in [5.74, 6) is -1.75. The van der Waals surface area contributed by atoms with Gasteiger partial charge in [0.15, 0.2) is 0 Å². The lowest BCUT2D eigenvalue weighted by atomic mass is 10.1. The minimum atomic E-state index is -4.27. The van der Waals surface area contributed by atoms with Crippen LogP contribution in [0.3, 0.4) is 0 Å². The first-order valence-electron chi connectivity index (χ1n) is 12.1. The molecule has 0 aromatic heterocycles. The van der Waals surface area contributed by atoms with Gasteiger partial charge < -0.3 is 10.2 Å². The van der Waals surface area contributed by atoms with Crippen molar-refractivity contribution in [2.75, 3.05) is 10.8 Å². The largest absolute Gasteiger partial charge is 0.350 e. The summed E-state index contributed by atoms with van der Waals surface area (Å²) >= 11 is 9.36. The number of rotatable bonds is 9. The highest BCUT2D eigenvalue weighted by Crippen LogP contribution is 2.28. The van der Waals surface area contributed by atoms with Crippen molar-refractivity contribution in [3.8, 4) is 0 Å². The number of carbonyl (C=O) groups is 2. The minimum Gasteiger partial charge on any atom is -0.350 e. The highest BCUT2D eigenvalue weighted by Gasteiger charge is 2.33. The van der Waals surface area contributed by atoms with Crippen LogP contribution in [0.1, 0.15) is 33.3 Å². The van der Waals surface area contributed by atoms with Gasteiger partial charge >= 0.3 is 0 Å². The third-order valence-electron chi connectivity index (χ3n) is 5.73. The number of hydrogen-bond donors (Lipinski definition) is 1. The Hall–Kier alpha value is -2.95. The summed E-state index contributed by atoms with van der Waals surface area (Å²) in [4.78, 5) is 28.2. The first kappa shape index (κ1) is 30.6. The molecule has 7 nitrogen and oxygen atoms in total. The molecule has 0 aliphatic rings.